The van der Waals surface area contributed by atoms with Gasteiger partial charge in [0.1, 0.15) is 11.5 Å². The number of anilines is 1. The molecule has 0 aliphatic rings. The van der Waals surface area contributed by atoms with Crippen molar-refractivity contribution in [1.82, 2.24) is 10.7 Å². The number of rotatable bonds is 10. The van der Waals surface area contributed by atoms with Gasteiger partial charge >= 0.3 is 11.8 Å². The highest BCUT2D eigenvalue weighted by Gasteiger charge is 2.13. The summed E-state index contributed by atoms with van der Waals surface area (Å²) in [5.74, 6) is -0.805. The van der Waals surface area contributed by atoms with E-state index in [-0.39, 0.29) is 18.4 Å². The van der Waals surface area contributed by atoms with Gasteiger partial charge in [0.05, 0.1) is 12.8 Å². The molecule has 9 nitrogen and oxygen atoms in total. The molecule has 0 atom stereocenters. The summed E-state index contributed by atoms with van der Waals surface area (Å²) in [6.07, 6.45) is 1.28. The van der Waals surface area contributed by atoms with E-state index in [4.69, 9.17) is 21.1 Å². The Bertz CT molecular complexity index is 993. The van der Waals surface area contributed by atoms with Gasteiger partial charge in [0.15, 0.2) is 6.61 Å². The zero-order valence-corrected chi connectivity index (χ0v) is 19.4. The van der Waals surface area contributed by atoms with Gasteiger partial charge in [0, 0.05) is 22.8 Å². The van der Waals surface area contributed by atoms with E-state index < -0.39 is 11.8 Å². The van der Waals surface area contributed by atoms with Crippen LogP contribution < -0.4 is 25.5 Å². The van der Waals surface area contributed by atoms with Crippen LogP contribution in [0.1, 0.15) is 26.3 Å². The van der Waals surface area contributed by atoms with Crippen LogP contribution in [0.4, 0.5) is 5.69 Å². The Labute approximate surface area is 197 Å². The number of benzene rings is 2. The lowest BCUT2D eigenvalue weighted by molar-refractivity contribution is -0.139. The van der Waals surface area contributed by atoms with E-state index in [1.54, 1.807) is 42.5 Å². The monoisotopic (exact) mass is 474 g/mol. The minimum atomic E-state index is -0.897. The van der Waals surface area contributed by atoms with Crippen molar-refractivity contribution in [2.45, 2.75) is 20.8 Å². The van der Waals surface area contributed by atoms with Crippen LogP contribution in [0.2, 0.25) is 5.02 Å². The number of hydrogen-bond acceptors (Lipinski definition) is 6. The highest BCUT2D eigenvalue weighted by Crippen LogP contribution is 2.22. The van der Waals surface area contributed by atoms with Gasteiger partial charge in [-0.05, 0) is 55.3 Å². The predicted molar refractivity (Wildman–Crippen MR) is 127 cm³/mol. The zero-order chi connectivity index (χ0) is 24.2. The van der Waals surface area contributed by atoms with Crippen LogP contribution in [-0.4, -0.2) is 43.7 Å². The first-order valence-electron chi connectivity index (χ1n) is 10.3. The zero-order valence-electron chi connectivity index (χ0n) is 18.7. The Hall–Kier alpha value is -3.59. The molecule has 0 bridgehead atoms. The summed E-state index contributed by atoms with van der Waals surface area (Å²) in [4.78, 5) is 35.7. The fraction of sp³-hybridized carbons (Fsp3) is 0.304. The number of hydrogen-bond donors (Lipinski definition) is 3. The van der Waals surface area contributed by atoms with Crippen LogP contribution >= 0.6 is 11.6 Å². The summed E-state index contributed by atoms with van der Waals surface area (Å²) >= 11 is 6.03. The average molecular weight is 475 g/mol. The Morgan fingerprint density at radius 1 is 1.06 bits per heavy atom. The Kier molecular flexibility index (Phi) is 10.2. The highest BCUT2D eigenvalue weighted by molar-refractivity contribution is 6.35. The van der Waals surface area contributed by atoms with Crippen LogP contribution in [0, 0.1) is 5.92 Å². The molecule has 2 rings (SSSR count). The number of ether oxygens (including phenoxy) is 2. The maximum Gasteiger partial charge on any atom is 0.329 e. The quantitative estimate of drug-likeness (QED) is 0.278. The molecule has 3 N–H and O–H groups in total. The molecule has 0 aliphatic carbocycles. The molecule has 3 amide bonds. The lowest BCUT2D eigenvalue weighted by Gasteiger charge is -2.10. The normalized spacial score (nSPS) is 10.7. The van der Waals surface area contributed by atoms with Crippen LogP contribution in [0.15, 0.2) is 47.6 Å². The molecule has 0 aliphatic heterocycles. The molecule has 10 heteroatoms. The van der Waals surface area contributed by atoms with Gasteiger partial charge in [-0.25, -0.2) is 5.43 Å². The lowest BCUT2D eigenvalue weighted by atomic mass is 10.2. The van der Waals surface area contributed by atoms with Crippen LogP contribution in [0.3, 0.4) is 0 Å². The molecule has 0 fully saturated rings. The molecule has 0 unspecified atom stereocenters. The number of amides is 3. The maximum atomic E-state index is 12.2. The molecule has 2 aromatic carbocycles. The summed E-state index contributed by atoms with van der Waals surface area (Å²) in [5, 5.41) is 9.39. The van der Waals surface area contributed by atoms with E-state index in [0.29, 0.717) is 40.9 Å². The van der Waals surface area contributed by atoms with Crippen molar-refractivity contribution in [3.05, 3.63) is 53.1 Å². The van der Waals surface area contributed by atoms with Crippen LogP contribution in [0.5, 0.6) is 11.5 Å². The van der Waals surface area contributed by atoms with E-state index in [0.717, 1.165) is 0 Å². The molecule has 0 saturated carbocycles. The van der Waals surface area contributed by atoms with E-state index >= 15 is 0 Å². The summed E-state index contributed by atoms with van der Waals surface area (Å²) < 4.78 is 10.9. The van der Waals surface area contributed by atoms with Gasteiger partial charge in [0.2, 0.25) is 0 Å². The van der Waals surface area contributed by atoms with Crippen molar-refractivity contribution in [2.24, 2.45) is 11.0 Å². The first-order valence-corrected chi connectivity index (χ1v) is 10.7. The number of nitrogens with zero attached hydrogens (tertiary/aromatic N) is 1. The van der Waals surface area contributed by atoms with E-state index in [2.05, 4.69) is 21.2 Å². The van der Waals surface area contributed by atoms with E-state index in [1.807, 2.05) is 20.8 Å². The van der Waals surface area contributed by atoms with Gasteiger partial charge in [-0.3, -0.25) is 14.4 Å². The van der Waals surface area contributed by atoms with Crippen molar-refractivity contribution < 1.29 is 23.9 Å². The van der Waals surface area contributed by atoms with Crippen molar-refractivity contribution in [3.8, 4) is 11.5 Å². The molecule has 0 spiro atoms. The predicted octanol–water partition coefficient (Wildman–Crippen LogP) is 2.98. The van der Waals surface area contributed by atoms with Crippen molar-refractivity contribution in [1.29, 1.82) is 0 Å². The minimum absolute atomic E-state index is 0.211. The molecule has 2 aromatic rings. The summed E-state index contributed by atoms with van der Waals surface area (Å²) in [6.45, 7) is 6.38. The molecule has 176 valence electrons. The molecular weight excluding hydrogens is 448 g/mol. The van der Waals surface area contributed by atoms with Gasteiger partial charge < -0.3 is 20.1 Å². The smallest absolute Gasteiger partial charge is 0.329 e. The molecule has 0 aromatic heterocycles. The van der Waals surface area contributed by atoms with Crippen LogP contribution in [-0.2, 0) is 14.4 Å². The first-order chi connectivity index (χ1) is 15.8. The molecule has 33 heavy (non-hydrogen) atoms. The third-order valence-electron chi connectivity index (χ3n) is 4.03. The molecular formula is C23H27ClN4O5. The maximum absolute atomic E-state index is 12.2. The third kappa shape index (κ3) is 9.20. The Morgan fingerprint density at radius 3 is 2.45 bits per heavy atom. The van der Waals surface area contributed by atoms with Crippen molar-refractivity contribution in [3.63, 3.8) is 0 Å². The summed E-state index contributed by atoms with van der Waals surface area (Å²) in [5.41, 5.74) is 3.16. The van der Waals surface area contributed by atoms with Gasteiger partial charge in [-0.1, -0.05) is 25.4 Å². The SMILES string of the molecule is CCOc1ccc(NC(=O)COc2ccc(Cl)cc2/C=N\NC(=O)C(=O)NCC(C)C)cc1. The van der Waals surface area contributed by atoms with E-state index in [9.17, 15) is 14.4 Å². The van der Waals surface area contributed by atoms with Gasteiger partial charge in [0.25, 0.3) is 5.91 Å². The number of nitrogens with one attached hydrogen (secondary N) is 3. The third-order valence-corrected chi connectivity index (χ3v) is 4.26. The summed E-state index contributed by atoms with van der Waals surface area (Å²) in [7, 11) is 0. The Morgan fingerprint density at radius 2 is 1.79 bits per heavy atom. The van der Waals surface area contributed by atoms with E-state index in [1.165, 1.54) is 6.21 Å². The molecule has 0 saturated heterocycles. The highest BCUT2D eigenvalue weighted by atomic mass is 35.5. The Balaban J connectivity index is 1.93. The standard InChI is InChI=1S/C23H27ClN4O5/c1-4-32-19-8-6-18(7-9-19)27-21(29)14-33-20-10-5-17(24)11-16(20)13-26-28-23(31)22(30)25-12-15(2)3/h5-11,13,15H,4,12,14H2,1-3H3,(H,25,30)(H,27,29)(H,28,31)/b26-13-. The van der Waals surface area contributed by atoms with Crippen LogP contribution in [0.25, 0.3) is 0 Å². The van der Waals surface area contributed by atoms with Gasteiger partial charge in [-0.15, -0.1) is 0 Å². The minimum Gasteiger partial charge on any atom is -0.494 e. The second-order valence-corrected chi connectivity index (χ2v) is 7.72. The summed E-state index contributed by atoms with van der Waals surface area (Å²) in [6, 6.07) is 11.7. The van der Waals surface area contributed by atoms with Crippen molar-refractivity contribution >= 4 is 41.2 Å². The number of halogens is 1. The average Bonchev–Trinajstić information content (AvgIpc) is 2.78. The number of carbonyl (C=O) groups excluding carboxylic acids is 3. The molecule has 0 heterocycles. The van der Waals surface area contributed by atoms with Gasteiger partial charge in [-0.2, -0.15) is 5.10 Å². The number of hydrazone groups is 1. The second-order valence-electron chi connectivity index (χ2n) is 7.28. The fourth-order valence-corrected chi connectivity index (χ4v) is 2.66. The number of carbonyl (C=O) groups is 3. The lowest BCUT2D eigenvalue weighted by Crippen LogP contribution is -2.39. The topological polar surface area (TPSA) is 118 Å². The second kappa shape index (κ2) is 13.1. The fourth-order valence-electron chi connectivity index (χ4n) is 2.48. The van der Waals surface area contributed by atoms with Crippen molar-refractivity contribution in [2.75, 3.05) is 25.1 Å². The molecule has 0 radical (unpaired) electrons. The first kappa shape index (κ1) is 25.7. The largest absolute Gasteiger partial charge is 0.494 e.